The standard InChI is InChI=1S/C15H14N2O3/c1-9-10-5-4-6-12(15(19)20-3)13(10)17-14(18)11(9)7-8-16-2/h4-8H,1H2,2-3H3,(H,17,18)/b11-7+,16-8-. The molecule has 0 spiro atoms. The smallest absolute Gasteiger partial charge is 0.339 e. The summed E-state index contributed by atoms with van der Waals surface area (Å²) in [6.45, 7) is 3.92. The molecule has 102 valence electrons. The number of benzene rings is 1. The predicted octanol–water partition coefficient (Wildman–Crippen LogP) is 0.206. The fourth-order valence-electron chi connectivity index (χ4n) is 2.01. The van der Waals surface area contributed by atoms with Crippen molar-refractivity contribution in [3.05, 3.63) is 44.6 Å². The van der Waals surface area contributed by atoms with E-state index in [4.69, 9.17) is 4.74 Å². The first-order chi connectivity index (χ1) is 9.60. The highest BCUT2D eigenvalue weighted by Crippen LogP contribution is 2.12. The normalized spacial score (nSPS) is 12.2. The Morgan fingerprint density at radius 2 is 2.20 bits per heavy atom. The van der Waals surface area contributed by atoms with Gasteiger partial charge in [-0.2, -0.15) is 0 Å². The molecule has 5 nitrogen and oxygen atoms in total. The molecule has 0 radical (unpaired) electrons. The van der Waals surface area contributed by atoms with Gasteiger partial charge in [-0.15, -0.1) is 0 Å². The number of methoxy groups -OCH3 is 1. The van der Waals surface area contributed by atoms with Crippen LogP contribution in [0.4, 0.5) is 0 Å². The van der Waals surface area contributed by atoms with E-state index in [1.165, 1.54) is 13.3 Å². The second-order valence-electron chi connectivity index (χ2n) is 4.14. The lowest BCUT2D eigenvalue weighted by atomic mass is 10.1. The van der Waals surface area contributed by atoms with Gasteiger partial charge in [-0.3, -0.25) is 9.79 Å². The summed E-state index contributed by atoms with van der Waals surface area (Å²) in [4.78, 5) is 30.3. The molecule has 2 rings (SSSR count). The Kier molecular flexibility index (Phi) is 3.79. The van der Waals surface area contributed by atoms with Gasteiger partial charge in [0.2, 0.25) is 0 Å². The highest BCUT2D eigenvalue weighted by Gasteiger charge is 2.11. The van der Waals surface area contributed by atoms with Gasteiger partial charge >= 0.3 is 5.97 Å². The number of aromatic nitrogens is 1. The van der Waals surface area contributed by atoms with Crippen molar-refractivity contribution in [1.29, 1.82) is 0 Å². The molecule has 0 aliphatic carbocycles. The average Bonchev–Trinajstić information content (AvgIpc) is 2.46. The molecule has 1 aromatic carbocycles. The monoisotopic (exact) mass is 270 g/mol. The van der Waals surface area contributed by atoms with Gasteiger partial charge in [0, 0.05) is 23.9 Å². The third-order valence-electron chi connectivity index (χ3n) is 2.99. The van der Waals surface area contributed by atoms with Crippen LogP contribution in [0.5, 0.6) is 0 Å². The molecular weight excluding hydrogens is 256 g/mol. The van der Waals surface area contributed by atoms with Crippen LogP contribution < -0.4 is 16.0 Å². The predicted molar refractivity (Wildman–Crippen MR) is 79.6 cm³/mol. The Morgan fingerprint density at radius 3 is 2.85 bits per heavy atom. The maximum Gasteiger partial charge on any atom is 0.339 e. The highest BCUT2D eigenvalue weighted by molar-refractivity contribution is 6.03. The summed E-state index contributed by atoms with van der Waals surface area (Å²) < 4.78 is 4.71. The molecule has 1 heterocycles. The van der Waals surface area contributed by atoms with Crippen LogP contribution in [0.2, 0.25) is 0 Å². The van der Waals surface area contributed by atoms with Crippen LogP contribution in [0, 0.1) is 0 Å². The van der Waals surface area contributed by atoms with E-state index in [0.717, 1.165) is 0 Å². The van der Waals surface area contributed by atoms with Crippen LogP contribution in [0.3, 0.4) is 0 Å². The number of H-pyrrole nitrogens is 1. The van der Waals surface area contributed by atoms with Crippen LogP contribution in [0.25, 0.3) is 23.6 Å². The van der Waals surface area contributed by atoms with Crippen LogP contribution in [-0.2, 0) is 4.74 Å². The van der Waals surface area contributed by atoms with E-state index in [1.807, 2.05) is 0 Å². The first kappa shape index (κ1) is 13.7. The van der Waals surface area contributed by atoms with Gasteiger partial charge in [-0.05, 0) is 17.4 Å². The molecule has 0 aliphatic rings. The summed E-state index contributed by atoms with van der Waals surface area (Å²) in [5.74, 6) is -0.502. The number of para-hydroxylation sites is 1. The van der Waals surface area contributed by atoms with Crippen molar-refractivity contribution in [1.82, 2.24) is 4.98 Å². The largest absolute Gasteiger partial charge is 0.465 e. The fraction of sp³-hybridized carbons (Fsp3) is 0.133. The molecule has 0 amide bonds. The fourth-order valence-corrected chi connectivity index (χ4v) is 2.01. The molecule has 0 fully saturated rings. The van der Waals surface area contributed by atoms with E-state index in [1.54, 1.807) is 31.3 Å². The molecule has 20 heavy (non-hydrogen) atoms. The molecular formula is C15H14N2O3. The zero-order valence-electron chi connectivity index (χ0n) is 11.3. The summed E-state index contributed by atoms with van der Waals surface area (Å²) in [6, 6.07) is 5.11. The van der Waals surface area contributed by atoms with Crippen molar-refractivity contribution in [2.45, 2.75) is 0 Å². The highest BCUT2D eigenvalue weighted by atomic mass is 16.5. The number of ether oxygens (including phenoxy) is 1. The van der Waals surface area contributed by atoms with Crippen molar-refractivity contribution in [3.63, 3.8) is 0 Å². The van der Waals surface area contributed by atoms with Gasteiger partial charge in [0.15, 0.2) is 0 Å². The number of esters is 1. The average molecular weight is 270 g/mol. The number of carbonyl (C=O) groups is 1. The SMILES string of the molecule is C=c1/c(=C\C=N/C)c(=O)[nH]c2c(C(=O)OC)cccc12. The Bertz CT molecular complexity index is 863. The molecule has 1 aromatic heterocycles. The Balaban J connectivity index is 2.94. The zero-order valence-corrected chi connectivity index (χ0v) is 11.3. The van der Waals surface area contributed by atoms with Crippen molar-refractivity contribution in [3.8, 4) is 0 Å². The number of hydrogen-bond acceptors (Lipinski definition) is 4. The van der Waals surface area contributed by atoms with Gasteiger partial charge in [0.25, 0.3) is 5.56 Å². The number of pyridine rings is 1. The zero-order chi connectivity index (χ0) is 14.7. The summed E-state index contributed by atoms with van der Waals surface area (Å²) in [6.07, 6.45) is 3.11. The minimum absolute atomic E-state index is 0.308. The van der Waals surface area contributed by atoms with Crippen LogP contribution >= 0.6 is 0 Å². The van der Waals surface area contributed by atoms with E-state index in [9.17, 15) is 9.59 Å². The number of carbonyl (C=O) groups excluding carboxylic acids is 1. The molecule has 2 aromatic rings. The van der Waals surface area contributed by atoms with E-state index >= 15 is 0 Å². The number of rotatable bonds is 2. The van der Waals surface area contributed by atoms with E-state index in [0.29, 0.717) is 26.9 Å². The van der Waals surface area contributed by atoms with Crippen molar-refractivity contribution < 1.29 is 9.53 Å². The molecule has 0 saturated carbocycles. The maximum atomic E-state index is 12.1. The van der Waals surface area contributed by atoms with Crippen molar-refractivity contribution in [2.24, 2.45) is 4.99 Å². The summed E-state index contributed by atoms with van der Waals surface area (Å²) in [5.41, 5.74) is 0.418. The molecule has 1 N–H and O–H groups in total. The van der Waals surface area contributed by atoms with Gasteiger partial charge in [-0.25, -0.2) is 4.79 Å². The first-order valence-electron chi connectivity index (χ1n) is 5.95. The lowest BCUT2D eigenvalue weighted by Crippen LogP contribution is -2.40. The van der Waals surface area contributed by atoms with Gasteiger partial charge in [0.05, 0.1) is 18.2 Å². The Labute approximate surface area is 114 Å². The van der Waals surface area contributed by atoms with E-state index in [-0.39, 0.29) is 5.56 Å². The maximum absolute atomic E-state index is 12.1. The molecule has 0 aliphatic heterocycles. The minimum Gasteiger partial charge on any atom is -0.465 e. The summed E-state index contributed by atoms with van der Waals surface area (Å²) in [7, 11) is 2.91. The number of aliphatic imine (C=N–C) groups is 1. The van der Waals surface area contributed by atoms with Gasteiger partial charge in [0.1, 0.15) is 0 Å². The summed E-state index contributed by atoms with van der Waals surface area (Å²) in [5, 5.41) is 1.67. The van der Waals surface area contributed by atoms with Gasteiger partial charge in [-0.1, -0.05) is 18.7 Å². The van der Waals surface area contributed by atoms with Crippen LogP contribution in [-0.4, -0.2) is 31.3 Å². The topological polar surface area (TPSA) is 71.5 Å². The molecule has 5 heteroatoms. The lowest BCUT2D eigenvalue weighted by molar-refractivity contribution is 0.0603. The molecule has 0 bridgehead atoms. The van der Waals surface area contributed by atoms with E-state index in [2.05, 4.69) is 16.6 Å². The minimum atomic E-state index is -0.502. The third kappa shape index (κ3) is 2.25. The second kappa shape index (κ2) is 5.52. The Hall–Kier alpha value is -2.69. The molecule has 0 saturated heterocycles. The molecule has 0 unspecified atom stereocenters. The number of hydrogen-bond donors (Lipinski definition) is 1. The number of nitrogens with zero attached hydrogens (tertiary/aromatic N) is 1. The third-order valence-corrected chi connectivity index (χ3v) is 2.99. The number of aromatic amines is 1. The number of nitrogens with one attached hydrogen (secondary N) is 1. The van der Waals surface area contributed by atoms with Crippen molar-refractivity contribution in [2.75, 3.05) is 14.2 Å². The van der Waals surface area contributed by atoms with Crippen molar-refractivity contribution >= 4 is 35.7 Å². The van der Waals surface area contributed by atoms with E-state index < -0.39 is 5.97 Å². The summed E-state index contributed by atoms with van der Waals surface area (Å²) >= 11 is 0. The lowest BCUT2D eigenvalue weighted by Gasteiger charge is -2.05. The van der Waals surface area contributed by atoms with Gasteiger partial charge < -0.3 is 9.72 Å². The number of fused-ring (bicyclic) bond motifs is 1. The van der Waals surface area contributed by atoms with Crippen LogP contribution in [0.15, 0.2) is 28.0 Å². The Morgan fingerprint density at radius 1 is 1.45 bits per heavy atom. The first-order valence-corrected chi connectivity index (χ1v) is 5.95. The van der Waals surface area contributed by atoms with Crippen LogP contribution in [0.1, 0.15) is 10.4 Å². The molecule has 0 atom stereocenters. The second-order valence-corrected chi connectivity index (χ2v) is 4.14. The quantitative estimate of drug-likeness (QED) is 0.626.